The van der Waals surface area contributed by atoms with Crippen LogP contribution in [0.2, 0.25) is 0 Å². The van der Waals surface area contributed by atoms with E-state index in [-0.39, 0.29) is 5.91 Å². The van der Waals surface area contributed by atoms with Crippen molar-refractivity contribution in [3.05, 3.63) is 35.9 Å². The molecule has 0 aliphatic carbocycles. The number of ether oxygens (including phenoxy) is 1. The fourth-order valence-electron chi connectivity index (χ4n) is 1.80. The SMILES string of the molecule is COc1ccc2ccc(CCNC(C)=O)cc2n1. The highest BCUT2D eigenvalue weighted by Crippen LogP contribution is 2.18. The molecule has 0 aliphatic rings. The number of pyridine rings is 1. The monoisotopic (exact) mass is 244 g/mol. The van der Waals surface area contributed by atoms with Crippen LogP contribution >= 0.6 is 0 Å². The van der Waals surface area contributed by atoms with Crippen molar-refractivity contribution in [2.24, 2.45) is 0 Å². The molecule has 18 heavy (non-hydrogen) atoms. The number of aromatic nitrogens is 1. The summed E-state index contributed by atoms with van der Waals surface area (Å²) in [6, 6.07) is 9.95. The maximum atomic E-state index is 10.8. The summed E-state index contributed by atoms with van der Waals surface area (Å²) in [5, 5.41) is 3.86. The van der Waals surface area contributed by atoms with E-state index in [0.29, 0.717) is 12.4 Å². The minimum Gasteiger partial charge on any atom is -0.481 e. The number of methoxy groups -OCH3 is 1. The number of fused-ring (bicyclic) bond motifs is 1. The Hall–Kier alpha value is -2.10. The summed E-state index contributed by atoms with van der Waals surface area (Å²) in [6.45, 7) is 2.16. The minimum absolute atomic E-state index is 0.00409. The molecular weight excluding hydrogens is 228 g/mol. The van der Waals surface area contributed by atoms with Crippen LogP contribution in [-0.2, 0) is 11.2 Å². The number of amides is 1. The van der Waals surface area contributed by atoms with Crippen molar-refractivity contribution in [3.63, 3.8) is 0 Å². The minimum atomic E-state index is -0.00409. The molecule has 1 aromatic heterocycles. The van der Waals surface area contributed by atoms with Gasteiger partial charge in [0.25, 0.3) is 0 Å². The van der Waals surface area contributed by atoms with E-state index in [0.717, 1.165) is 22.9 Å². The number of nitrogens with one attached hydrogen (secondary N) is 1. The van der Waals surface area contributed by atoms with Crippen LogP contribution in [0.5, 0.6) is 5.88 Å². The number of hydrogen-bond donors (Lipinski definition) is 1. The first-order valence-corrected chi connectivity index (χ1v) is 5.87. The van der Waals surface area contributed by atoms with E-state index in [9.17, 15) is 4.79 Å². The van der Waals surface area contributed by atoms with Crippen molar-refractivity contribution in [1.82, 2.24) is 10.3 Å². The van der Waals surface area contributed by atoms with Crippen molar-refractivity contribution >= 4 is 16.8 Å². The molecule has 0 unspecified atom stereocenters. The third-order valence-electron chi connectivity index (χ3n) is 2.73. The number of carbonyl (C=O) groups is 1. The lowest BCUT2D eigenvalue weighted by molar-refractivity contribution is -0.118. The average molecular weight is 244 g/mol. The zero-order valence-corrected chi connectivity index (χ0v) is 10.6. The molecule has 0 saturated carbocycles. The summed E-state index contributed by atoms with van der Waals surface area (Å²) in [5.74, 6) is 0.608. The number of nitrogens with zero attached hydrogens (tertiary/aromatic N) is 1. The number of rotatable bonds is 4. The largest absolute Gasteiger partial charge is 0.481 e. The first-order valence-electron chi connectivity index (χ1n) is 5.87. The lowest BCUT2D eigenvalue weighted by atomic mass is 10.1. The van der Waals surface area contributed by atoms with Crippen LogP contribution in [0.3, 0.4) is 0 Å². The van der Waals surface area contributed by atoms with Gasteiger partial charge in [-0.25, -0.2) is 4.98 Å². The Morgan fingerprint density at radius 1 is 1.33 bits per heavy atom. The van der Waals surface area contributed by atoms with Crippen LogP contribution < -0.4 is 10.1 Å². The molecule has 0 saturated heterocycles. The Balaban J connectivity index is 2.17. The van der Waals surface area contributed by atoms with Crippen molar-refractivity contribution in [1.29, 1.82) is 0 Å². The van der Waals surface area contributed by atoms with Crippen LogP contribution in [-0.4, -0.2) is 24.5 Å². The van der Waals surface area contributed by atoms with Crippen LogP contribution in [0.1, 0.15) is 12.5 Å². The smallest absolute Gasteiger partial charge is 0.216 e. The normalized spacial score (nSPS) is 10.3. The summed E-state index contributed by atoms with van der Waals surface area (Å²) in [4.78, 5) is 15.2. The van der Waals surface area contributed by atoms with Crippen LogP contribution in [0, 0.1) is 0 Å². The fraction of sp³-hybridized carbons (Fsp3) is 0.286. The Morgan fingerprint density at radius 2 is 2.11 bits per heavy atom. The van der Waals surface area contributed by atoms with E-state index >= 15 is 0 Å². The summed E-state index contributed by atoms with van der Waals surface area (Å²) in [5.41, 5.74) is 2.06. The van der Waals surface area contributed by atoms with Gasteiger partial charge in [-0.1, -0.05) is 12.1 Å². The van der Waals surface area contributed by atoms with Gasteiger partial charge in [-0.05, 0) is 24.1 Å². The molecule has 4 nitrogen and oxygen atoms in total. The van der Waals surface area contributed by atoms with E-state index in [1.807, 2.05) is 24.3 Å². The van der Waals surface area contributed by atoms with Gasteiger partial charge in [-0.3, -0.25) is 4.79 Å². The molecule has 4 heteroatoms. The van der Waals surface area contributed by atoms with E-state index in [4.69, 9.17) is 4.74 Å². The van der Waals surface area contributed by atoms with Gasteiger partial charge >= 0.3 is 0 Å². The van der Waals surface area contributed by atoms with Crippen molar-refractivity contribution < 1.29 is 9.53 Å². The summed E-state index contributed by atoms with van der Waals surface area (Å²) in [7, 11) is 1.61. The molecule has 0 radical (unpaired) electrons. The predicted octanol–water partition coefficient (Wildman–Crippen LogP) is 1.92. The zero-order chi connectivity index (χ0) is 13.0. The van der Waals surface area contributed by atoms with Crippen LogP contribution in [0.4, 0.5) is 0 Å². The molecule has 1 heterocycles. The van der Waals surface area contributed by atoms with E-state index < -0.39 is 0 Å². The molecule has 1 amide bonds. The second-order valence-electron chi connectivity index (χ2n) is 4.11. The summed E-state index contributed by atoms with van der Waals surface area (Å²) < 4.78 is 5.11. The maximum absolute atomic E-state index is 10.8. The zero-order valence-electron chi connectivity index (χ0n) is 10.6. The molecule has 0 fully saturated rings. The van der Waals surface area contributed by atoms with Crippen LogP contribution in [0.15, 0.2) is 30.3 Å². The molecule has 0 aliphatic heterocycles. The van der Waals surface area contributed by atoms with Crippen molar-refractivity contribution in [3.8, 4) is 5.88 Å². The first-order chi connectivity index (χ1) is 8.69. The van der Waals surface area contributed by atoms with E-state index in [1.165, 1.54) is 6.92 Å². The second kappa shape index (κ2) is 5.49. The topological polar surface area (TPSA) is 51.2 Å². The number of carbonyl (C=O) groups excluding carboxylic acids is 1. The van der Waals surface area contributed by atoms with E-state index in [1.54, 1.807) is 7.11 Å². The molecule has 94 valence electrons. The Morgan fingerprint density at radius 3 is 2.83 bits per heavy atom. The van der Waals surface area contributed by atoms with E-state index in [2.05, 4.69) is 16.4 Å². The average Bonchev–Trinajstić information content (AvgIpc) is 2.37. The molecule has 2 rings (SSSR count). The van der Waals surface area contributed by atoms with Crippen LogP contribution in [0.25, 0.3) is 10.9 Å². The summed E-state index contributed by atoms with van der Waals surface area (Å²) >= 11 is 0. The number of hydrogen-bond acceptors (Lipinski definition) is 3. The predicted molar refractivity (Wildman–Crippen MR) is 70.7 cm³/mol. The highest BCUT2D eigenvalue weighted by Gasteiger charge is 2.00. The fourth-order valence-corrected chi connectivity index (χ4v) is 1.80. The maximum Gasteiger partial charge on any atom is 0.216 e. The van der Waals surface area contributed by atoms with Gasteiger partial charge in [-0.2, -0.15) is 0 Å². The highest BCUT2D eigenvalue weighted by molar-refractivity contribution is 5.79. The molecule has 1 N–H and O–H groups in total. The molecule has 0 spiro atoms. The standard InChI is InChI=1S/C14H16N2O2/c1-10(17)15-8-7-11-3-4-12-5-6-14(18-2)16-13(12)9-11/h3-6,9H,7-8H2,1-2H3,(H,15,17). The van der Waals surface area contributed by atoms with Gasteiger partial charge in [-0.15, -0.1) is 0 Å². The third kappa shape index (κ3) is 2.97. The van der Waals surface area contributed by atoms with Gasteiger partial charge in [0.1, 0.15) is 0 Å². The Kier molecular flexibility index (Phi) is 3.77. The quantitative estimate of drug-likeness (QED) is 0.894. The van der Waals surface area contributed by atoms with Gasteiger partial charge in [0, 0.05) is 24.9 Å². The lowest BCUT2D eigenvalue weighted by Crippen LogP contribution is -2.22. The highest BCUT2D eigenvalue weighted by atomic mass is 16.5. The molecule has 2 aromatic rings. The summed E-state index contributed by atoms with van der Waals surface area (Å²) in [6.07, 6.45) is 0.800. The van der Waals surface area contributed by atoms with Gasteiger partial charge in [0.05, 0.1) is 12.6 Å². The molecule has 0 bridgehead atoms. The van der Waals surface area contributed by atoms with Gasteiger partial charge in [0.2, 0.25) is 11.8 Å². The number of benzene rings is 1. The molecular formula is C14H16N2O2. The third-order valence-corrected chi connectivity index (χ3v) is 2.73. The molecule has 0 atom stereocenters. The Labute approximate surface area is 106 Å². The Bertz CT molecular complexity index is 567. The van der Waals surface area contributed by atoms with Gasteiger partial charge < -0.3 is 10.1 Å². The second-order valence-corrected chi connectivity index (χ2v) is 4.11. The first kappa shape index (κ1) is 12.4. The van der Waals surface area contributed by atoms with Crippen molar-refractivity contribution in [2.45, 2.75) is 13.3 Å². The van der Waals surface area contributed by atoms with Crippen molar-refractivity contribution in [2.75, 3.05) is 13.7 Å². The lowest BCUT2D eigenvalue weighted by Gasteiger charge is -2.05. The van der Waals surface area contributed by atoms with Gasteiger partial charge in [0.15, 0.2) is 0 Å². The molecule has 1 aromatic carbocycles.